The number of alkyl halides is 2. The topological polar surface area (TPSA) is 90.8 Å². The van der Waals surface area contributed by atoms with Gasteiger partial charge in [-0.25, -0.2) is 0 Å². The Kier molecular flexibility index (Phi) is 8.56. The van der Waals surface area contributed by atoms with Gasteiger partial charge in [-0.1, -0.05) is 48.5 Å². The molecule has 34 heavy (non-hydrogen) atoms. The summed E-state index contributed by atoms with van der Waals surface area (Å²) in [5.74, 6) is -2.80. The van der Waals surface area contributed by atoms with Crippen molar-refractivity contribution in [3.05, 3.63) is 89.5 Å². The molecule has 0 spiro atoms. The number of nitrogens with one attached hydrogen (secondary N) is 2. The summed E-state index contributed by atoms with van der Waals surface area (Å²) in [6, 6.07) is 19.1. The maximum atomic E-state index is 14.3. The quantitative estimate of drug-likeness (QED) is 0.233. The van der Waals surface area contributed by atoms with Crippen LogP contribution < -0.4 is 15.4 Å². The van der Waals surface area contributed by atoms with Crippen molar-refractivity contribution in [3.63, 3.8) is 0 Å². The molecule has 0 aromatic heterocycles. The molecule has 0 radical (unpaired) electrons. The van der Waals surface area contributed by atoms with Gasteiger partial charge in [0.25, 0.3) is 0 Å². The Morgan fingerprint density at radius 1 is 1.06 bits per heavy atom. The molecular formula is C26H28F2N2O4. The third kappa shape index (κ3) is 7.00. The maximum Gasteiger partial charge on any atom is 0.306 e. The lowest BCUT2D eigenvalue weighted by Crippen LogP contribution is -2.32. The van der Waals surface area contributed by atoms with Gasteiger partial charge >= 0.3 is 5.92 Å². The first-order chi connectivity index (χ1) is 16.3. The number of anilines is 1. The summed E-state index contributed by atoms with van der Waals surface area (Å²) >= 11 is 0. The molecule has 0 aliphatic carbocycles. The van der Waals surface area contributed by atoms with Crippen molar-refractivity contribution in [1.29, 1.82) is 0 Å². The van der Waals surface area contributed by atoms with Crippen molar-refractivity contribution in [2.24, 2.45) is 0 Å². The van der Waals surface area contributed by atoms with Crippen LogP contribution in [0.25, 0.3) is 0 Å². The number of carbonyl (C=O) groups is 1. The molecule has 2 atom stereocenters. The molecule has 1 amide bonds. The molecule has 0 fully saturated rings. The number of rotatable bonds is 12. The molecule has 0 saturated carbocycles. The van der Waals surface area contributed by atoms with Crippen molar-refractivity contribution in [3.8, 4) is 11.5 Å². The highest BCUT2D eigenvalue weighted by atomic mass is 19.3. The van der Waals surface area contributed by atoms with Crippen LogP contribution in [0.5, 0.6) is 11.5 Å². The van der Waals surface area contributed by atoms with E-state index in [4.69, 9.17) is 4.74 Å². The van der Waals surface area contributed by atoms with Gasteiger partial charge in [0.2, 0.25) is 6.41 Å². The number of ether oxygens (including phenoxy) is 1. The first-order valence-electron chi connectivity index (χ1n) is 10.9. The van der Waals surface area contributed by atoms with Crippen LogP contribution in [-0.4, -0.2) is 35.8 Å². The Morgan fingerprint density at radius 3 is 2.44 bits per heavy atom. The number of aliphatic hydroxyl groups excluding tert-OH is 1. The smallest absolute Gasteiger partial charge is 0.306 e. The molecule has 8 heteroatoms. The number of hydrogen-bond acceptors (Lipinski definition) is 5. The fourth-order valence-corrected chi connectivity index (χ4v) is 3.46. The molecule has 0 aliphatic heterocycles. The Bertz CT molecular complexity index is 1060. The number of aliphatic hydroxyl groups is 1. The molecule has 0 bridgehead atoms. The van der Waals surface area contributed by atoms with Crippen LogP contribution in [0.2, 0.25) is 0 Å². The lowest BCUT2D eigenvalue weighted by atomic mass is 10.1. The molecule has 3 aromatic rings. The summed E-state index contributed by atoms with van der Waals surface area (Å²) < 4.78 is 33.8. The monoisotopic (exact) mass is 470 g/mol. The van der Waals surface area contributed by atoms with Crippen LogP contribution in [0.4, 0.5) is 14.5 Å². The van der Waals surface area contributed by atoms with Crippen LogP contribution in [-0.2, 0) is 17.1 Å². The molecular weight excluding hydrogens is 442 g/mol. The van der Waals surface area contributed by atoms with Crippen molar-refractivity contribution in [2.45, 2.75) is 31.4 Å². The lowest BCUT2D eigenvalue weighted by molar-refractivity contribution is -0.105. The number of halogens is 2. The summed E-state index contributed by atoms with van der Waals surface area (Å²) in [5.41, 5.74) is 1.68. The third-order valence-corrected chi connectivity index (χ3v) is 5.36. The van der Waals surface area contributed by atoms with E-state index >= 15 is 0 Å². The number of carbonyl (C=O) groups excluding carboxylic acids is 1. The van der Waals surface area contributed by atoms with E-state index in [1.165, 1.54) is 24.3 Å². The van der Waals surface area contributed by atoms with E-state index in [0.717, 1.165) is 5.56 Å². The molecule has 180 valence electrons. The molecule has 4 N–H and O–H groups in total. The largest absolute Gasteiger partial charge is 0.506 e. The highest BCUT2D eigenvalue weighted by molar-refractivity contribution is 5.75. The van der Waals surface area contributed by atoms with E-state index in [-0.39, 0.29) is 29.6 Å². The molecule has 3 rings (SSSR count). The second-order valence-corrected chi connectivity index (χ2v) is 8.07. The number of benzene rings is 3. The van der Waals surface area contributed by atoms with E-state index in [0.29, 0.717) is 24.1 Å². The van der Waals surface area contributed by atoms with Gasteiger partial charge in [-0.05, 0) is 48.7 Å². The highest BCUT2D eigenvalue weighted by Gasteiger charge is 2.32. The van der Waals surface area contributed by atoms with E-state index < -0.39 is 18.6 Å². The summed E-state index contributed by atoms with van der Waals surface area (Å²) in [4.78, 5) is 10.6. The zero-order valence-electron chi connectivity index (χ0n) is 18.7. The average Bonchev–Trinajstić information content (AvgIpc) is 2.84. The summed E-state index contributed by atoms with van der Waals surface area (Å²) in [6.45, 7) is 1.49. The zero-order chi connectivity index (χ0) is 24.6. The Labute approximate surface area is 197 Å². The van der Waals surface area contributed by atoms with Gasteiger partial charge < -0.3 is 25.6 Å². The first-order valence-corrected chi connectivity index (χ1v) is 10.9. The Morgan fingerprint density at radius 2 is 1.76 bits per heavy atom. The molecule has 0 heterocycles. The fraction of sp³-hybridized carbons (Fsp3) is 0.269. The van der Waals surface area contributed by atoms with E-state index in [2.05, 4.69) is 10.6 Å². The van der Waals surface area contributed by atoms with E-state index in [1.807, 2.05) is 19.1 Å². The van der Waals surface area contributed by atoms with Gasteiger partial charge in [-0.15, -0.1) is 0 Å². The lowest BCUT2D eigenvalue weighted by Gasteiger charge is -2.19. The third-order valence-electron chi connectivity index (χ3n) is 5.36. The summed E-state index contributed by atoms with van der Waals surface area (Å²) in [6.07, 6.45) is 0.273. The summed E-state index contributed by atoms with van der Waals surface area (Å²) in [5, 5.41) is 25.8. The number of aromatic hydroxyl groups is 1. The molecule has 6 nitrogen and oxygen atoms in total. The molecule has 3 aromatic carbocycles. The van der Waals surface area contributed by atoms with Crippen LogP contribution in [0.1, 0.15) is 29.7 Å². The Hall–Kier alpha value is -3.49. The zero-order valence-corrected chi connectivity index (χ0v) is 18.7. The van der Waals surface area contributed by atoms with Crippen LogP contribution in [0.15, 0.2) is 72.8 Å². The van der Waals surface area contributed by atoms with Gasteiger partial charge in [-0.3, -0.25) is 4.79 Å². The summed E-state index contributed by atoms with van der Waals surface area (Å²) in [7, 11) is 0. The van der Waals surface area contributed by atoms with Gasteiger partial charge in [0, 0.05) is 18.2 Å². The van der Waals surface area contributed by atoms with Crippen molar-refractivity contribution < 1.29 is 28.5 Å². The number of phenols is 1. The predicted molar refractivity (Wildman–Crippen MR) is 126 cm³/mol. The average molecular weight is 471 g/mol. The molecule has 0 aliphatic rings. The minimum absolute atomic E-state index is 0.0218. The molecule has 0 saturated heterocycles. The Balaban J connectivity index is 1.47. The second kappa shape index (κ2) is 11.6. The minimum atomic E-state index is -3.08. The van der Waals surface area contributed by atoms with Gasteiger partial charge in [0.15, 0.2) is 6.61 Å². The standard InChI is InChI=1S/C26H28F2N2O4/c1-18(29-15-25(33)20-9-12-24(32)23(14-20)30-17-31)13-19-7-10-22(11-8-19)34-16-26(27,28)21-5-3-2-4-6-21/h2-12,14,17-18,25,29,32-33H,13,15-16H2,1H3,(H,30,31)/t18?,25-/m0/s1. The minimum Gasteiger partial charge on any atom is -0.506 e. The van der Waals surface area contributed by atoms with Crippen molar-refractivity contribution in [1.82, 2.24) is 5.32 Å². The van der Waals surface area contributed by atoms with E-state index in [1.54, 1.807) is 36.4 Å². The highest BCUT2D eigenvalue weighted by Crippen LogP contribution is 2.29. The number of phenolic OH excluding ortho intramolecular Hbond substituents is 1. The van der Waals surface area contributed by atoms with Gasteiger partial charge in [0.05, 0.1) is 11.8 Å². The van der Waals surface area contributed by atoms with Crippen molar-refractivity contribution in [2.75, 3.05) is 18.5 Å². The van der Waals surface area contributed by atoms with Crippen LogP contribution in [0, 0.1) is 0 Å². The van der Waals surface area contributed by atoms with Crippen molar-refractivity contribution >= 4 is 12.1 Å². The number of amides is 1. The van der Waals surface area contributed by atoms with Crippen LogP contribution in [0.3, 0.4) is 0 Å². The van der Waals surface area contributed by atoms with E-state index in [9.17, 15) is 23.8 Å². The van der Waals surface area contributed by atoms with Crippen LogP contribution >= 0.6 is 0 Å². The number of hydrogen-bond donors (Lipinski definition) is 4. The predicted octanol–water partition coefficient (Wildman–Crippen LogP) is 4.39. The maximum absolute atomic E-state index is 14.3. The normalized spacial score (nSPS) is 13.2. The second-order valence-electron chi connectivity index (χ2n) is 8.07. The molecule has 1 unspecified atom stereocenters. The van der Waals surface area contributed by atoms with Gasteiger partial charge in [-0.2, -0.15) is 8.78 Å². The SMILES string of the molecule is CC(Cc1ccc(OCC(F)(F)c2ccccc2)cc1)NC[C@H](O)c1ccc(O)c(NC=O)c1. The fourth-order valence-electron chi connectivity index (χ4n) is 3.46. The first kappa shape index (κ1) is 25.1. The van der Waals surface area contributed by atoms with Gasteiger partial charge in [0.1, 0.15) is 11.5 Å².